The number of carbonyl (C=O) groups excluding carboxylic acids is 1. The molecule has 4 nitrogen and oxygen atoms in total. The molecule has 0 aliphatic carbocycles. The Kier molecular flexibility index (Phi) is 7.58. The fraction of sp³-hybridized carbons (Fsp3) is 0.143. The fourth-order valence-electron chi connectivity index (χ4n) is 2.67. The van der Waals surface area contributed by atoms with Gasteiger partial charge in [-0.05, 0) is 36.2 Å². The Bertz CT molecular complexity index is 909. The first kappa shape index (κ1) is 20.7. The molecular weight excluding hydrogens is 382 g/mol. The van der Waals surface area contributed by atoms with Crippen LogP contribution in [0, 0.1) is 6.92 Å². The SMILES string of the molecule is CC(=O)N(Cc1cccc(Cl)c1)c1cc(-c2ccccc2)sc1C.O=CO. The number of carbonyl (C=O) groups is 2. The summed E-state index contributed by atoms with van der Waals surface area (Å²) in [6.45, 7) is 3.92. The number of aryl methyl sites for hydroxylation is 1. The lowest BCUT2D eigenvalue weighted by atomic mass is 10.1. The summed E-state index contributed by atoms with van der Waals surface area (Å²) in [5.74, 6) is 0.0236. The smallest absolute Gasteiger partial charge is 0.290 e. The van der Waals surface area contributed by atoms with E-state index in [0.717, 1.165) is 16.1 Å². The number of nitrogens with zero attached hydrogens (tertiary/aromatic N) is 1. The molecule has 3 aromatic rings. The van der Waals surface area contributed by atoms with Gasteiger partial charge in [-0.15, -0.1) is 11.3 Å². The van der Waals surface area contributed by atoms with E-state index in [0.29, 0.717) is 11.6 Å². The minimum absolute atomic E-state index is 0.0236. The number of carboxylic acid groups (broad SMARTS) is 1. The minimum Gasteiger partial charge on any atom is -0.483 e. The molecule has 0 atom stereocenters. The summed E-state index contributed by atoms with van der Waals surface area (Å²) in [6.07, 6.45) is 0. The quantitative estimate of drug-likeness (QED) is 0.576. The van der Waals surface area contributed by atoms with Crippen molar-refractivity contribution in [3.63, 3.8) is 0 Å². The van der Waals surface area contributed by atoms with Crippen LogP contribution in [0.2, 0.25) is 5.02 Å². The summed E-state index contributed by atoms with van der Waals surface area (Å²) in [7, 11) is 0. The molecule has 0 saturated carbocycles. The largest absolute Gasteiger partial charge is 0.483 e. The average molecular weight is 402 g/mol. The van der Waals surface area contributed by atoms with Gasteiger partial charge in [0.25, 0.3) is 6.47 Å². The van der Waals surface area contributed by atoms with Crippen LogP contribution in [-0.4, -0.2) is 17.5 Å². The van der Waals surface area contributed by atoms with Crippen LogP contribution in [0.5, 0.6) is 0 Å². The third kappa shape index (κ3) is 5.67. The number of hydrogen-bond donors (Lipinski definition) is 1. The van der Waals surface area contributed by atoms with E-state index >= 15 is 0 Å². The van der Waals surface area contributed by atoms with Gasteiger partial charge in [-0.25, -0.2) is 0 Å². The molecule has 140 valence electrons. The van der Waals surface area contributed by atoms with E-state index in [-0.39, 0.29) is 12.4 Å². The second-order valence-corrected chi connectivity index (χ2v) is 7.45. The molecule has 0 unspecified atom stereocenters. The van der Waals surface area contributed by atoms with Crippen molar-refractivity contribution in [2.45, 2.75) is 20.4 Å². The number of benzene rings is 2. The van der Waals surface area contributed by atoms with Crippen molar-refractivity contribution in [2.24, 2.45) is 0 Å². The lowest BCUT2D eigenvalue weighted by Crippen LogP contribution is -2.27. The second-order valence-electron chi connectivity index (χ2n) is 5.76. The zero-order chi connectivity index (χ0) is 19.8. The predicted molar refractivity (Wildman–Crippen MR) is 112 cm³/mol. The first-order valence-corrected chi connectivity index (χ1v) is 9.42. The van der Waals surface area contributed by atoms with Crippen LogP contribution in [0.15, 0.2) is 60.7 Å². The van der Waals surface area contributed by atoms with Gasteiger partial charge in [0.15, 0.2) is 0 Å². The molecule has 0 fully saturated rings. The van der Waals surface area contributed by atoms with E-state index in [1.54, 1.807) is 18.3 Å². The first-order chi connectivity index (χ1) is 13.0. The molecular formula is C21H20ClNO3S. The summed E-state index contributed by atoms with van der Waals surface area (Å²) < 4.78 is 0. The molecule has 1 aromatic heterocycles. The van der Waals surface area contributed by atoms with E-state index in [1.807, 2.05) is 47.4 Å². The van der Waals surface area contributed by atoms with Gasteiger partial charge in [0.05, 0.1) is 12.2 Å². The third-order valence-corrected chi connectivity index (χ3v) is 5.17. The van der Waals surface area contributed by atoms with E-state index in [2.05, 4.69) is 25.1 Å². The summed E-state index contributed by atoms with van der Waals surface area (Å²) in [5.41, 5.74) is 3.15. The predicted octanol–water partition coefficient (Wildman–Crippen LogP) is 5.63. The van der Waals surface area contributed by atoms with Crippen molar-refractivity contribution in [1.82, 2.24) is 0 Å². The number of hydrogen-bond acceptors (Lipinski definition) is 3. The first-order valence-electron chi connectivity index (χ1n) is 8.22. The molecule has 0 spiro atoms. The van der Waals surface area contributed by atoms with Gasteiger partial charge < -0.3 is 10.0 Å². The van der Waals surface area contributed by atoms with Crippen molar-refractivity contribution in [3.05, 3.63) is 76.1 Å². The lowest BCUT2D eigenvalue weighted by molar-refractivity contribution is -0.123. The zero-order valence-electron chi connectivity index (χ0n) is 15.1. The highest BCUT2D eigenvalue weighted by atomic mass is 35.5. The standard InChI is InChI=1S/C20H18ClNOS.CH2O2/c1-14-19(12-20(24-14)17-8-4-3-5-9-17)22(15(2)23)13-16-7-6-10-18(21)11-16;2-1-3/h3-12H,13H2,1-2H3;1H,(H,2,3). The summed E-state index contributed by atoms with van der Waals surface area (Å²) in [6, 6.07) is 20.0. The topological polar surface area (TPSA) is 57.6 Å². The molecule has 6 heteroatoms. The van der Waals surface area contributed by atoms with Gasteiger partial charge >= 0.3 is 0 Å². The van der Waals surface area contributed by atoms with Gasteiger partial charge in [-0.3, -0.25) is 9.59 Å². The maximum absolute atomic E-state index is 12.2. The van der Waals surface area contributed by atoms with Gasteiger partial charge in [0, 0.05) is 21.7 Å². The Labute approximate surface area is 167 Å². The molecule has 0 saturated heterocycles. The molecule has 0 bridgehead atoms. The summed E-state index contributed by atoms with van der Waals surface area (Å²) >= 11 is 7.77. The molecule has 0 aliphatic rings. The molecule has 0 radical (unpaired) electrons. The number of amides is 1. The Morgan fingerprint density at radius 2 is 1.81 bits per heavy atom. The highest BCUT2D eigenvalue weighted by Gasteiger charge is 2.18. The van der Waals surface area contributed by atoms with Gasteiger partial charge in [-0.2, -0.15) is 0 Å². The number of rotatable bonds is 4. The molecule has 0 aliphatic heterocycles. The lowest BCUT2D eigenvalue weighted by Gasteiger charge is -2.21. The van der Waals surface area contributed by atoms with Crippen LogP contribution >= 0.6 is 22.9 Å². The van der Waals surface area contributed by atoms with Crippen LogP contribution in [0.3, 0.4) is 0 Å². The van der Waals surface area contributed by atoms with E-state index in [9.17, 15) is 4.79 Å². The maximum Gasteiger partial charge on any atom is 0.290 e. The highest BCUT2D eigenvalue weighted by molar-refractivity contribution is 7.16. The van der Waals surface area contributed by atoms with E-state index < -0.39 is 0 Å². The van der Waals surface area contributed by atoms with Crippen LogP contribution < -0.4 is 4.90 Å². The zero-order valence-corrected chi connectivity index (χ0v) is 16.6. The Hall–Kier alpha value is -2.63. The van der Waals surface area contributed by atoms with Crippen molar-refractivity contribution in [1.29, 1.82) is 0 Å². The number of anilines is 1. The highest BCUT2D eigenvalue weighted by Crippen LogP contribution is 2.37. The van der Waals surface area contributed by atoms with Gasteiger partial charge in [-0.1, -0.05) is 54.1 Å². The Morgan fingerprint density at radius 1 is 1.15 bits per heavy atom. The number of halogens is 1. The minimum atomic E-state index is -0.250. The van der Waals surface area contributed by atoms with Crippen LogP contribution in [0.25, 0.3) is 10.4 Å². The molecule has 1 N–H and O–H groups in total. The third-order valence-electron chi connectivity index (χ3n) is 3.85. The van der Waals surface area contributed by atoms with Crippen LogP contribution in [-0.2, 0) is 16.1 Å². The van der Waals surface area contributed by atoms with Crippen molar-refractivity contribution in [3.8, 4) is 10.4 Å². The Balaban J connectivity index is 0.000000817. The molecule has 3 rings (SSSR count). The maximum atomic E-state index is 12.2. The molecule has 1 amide bonds. The van der Waals surface area contributed by atoms with E-state index in [1.165, 1.54) is 10.4 Å². The van der Waals surface area contributed by atoms with Crippen molar-refractivity contribution in [2.75, 3.05) is 4.90 Å². The molecule has 27 heavy (non-hydrogen) atoms. The van der Waals surface area contributed by atoms with Gasteiger partial charge in [0.1, 0.15) is 0 Å². The van der Waals surface area contributed by atoms with E-state index in [4.69, 9.17) is 21.5 Å². The number of thiophene rings is 1. The summed E-state index contributed by atoms with van der Waals surface area (Å²) in [4.78, 5) is 24.7. The fourth-order valence-corrected chi connectivity index (χ4v) is 3.91. The molecule has 2 aromatic carbocycles. The monoisotopic (exact) mass is 401 g/mol. The van der Waals surface area contributed by atoms with Crippen molar-refractivity contribution >= 4 is 41.0 Å². The van der Waals surface area contributed by atoms with Crippen LogP contribution in [0.4, 0.5) is 5.69 Å². The normalized spacial score (nSPS) is 9.89. The van der Waals surface area contributed by atoms with Crippen LogP contribution in [0.1, 0.15) is 17.4 Å². The van der Waals surface area contributed by atoms with Gasteiger partial charge in [0.2, 0.25) is 5.91 Å². The molecule has 1 heterocycles. The van der Waals surface area contributed by atoms with Crippen molar-refractivity contribution < 1.29 is 14.7 Å². The summed E-state index contributed by atoms with van der Waals surface area (Å²) in [5, 5.41) is 7.57. The average Bonchev–Trinajstić information content (AvgIpc) is 3.02. The second kappa shape index (κ2) is 9.90. The Morgan fingerprint density at radius 3 is 2.41 bits per heavy atom.